The van der Waals surface area contributed by atoms with Gasteiger partial charge in [-0.1, -0.05) is 23.9 Å². The van der Waals surface area contributed by atoms with Crippen molar-refractivity contribution in [3.8, 4) is 0 Å². The van der Waals surface area contributed by atoms with Gasteiger partial charge < -0.3 is 14.9 Å². The predicted molar refractivity (Wildman–Crippen MR) is 118 cm³/mol. The largest absolute Gasteiger partial charge is 0.416 e. The lowest BCUT2D eigenvalue weighted by Gasteiger charge is -2.34. The molecule has 1 saturated heterocycles. The molecule has 2 aromatic carbocycles. The number of para-hydroxylation sites is 1. The highest BCUT2D eigenvalue weighted by Crippen LogP contribution is 2.49. The Morgan fingerprint density at radius 2 is 1.55 bits per heavy atom. The van der Waals surface area contributed by atoms with Crippen molar-refractivity contribution >= 4 is 23.1 Å². The lowest BCUT2D eigenvalue weighted by molar-refractivity contribution is -0.137. The van der Waals surface area contributed by atoms with E-state index in [4.69, 9.17) is 5.11 Å². The van der Waals surface area contributed by atoms with Crippen LogP contribution >= 0.6 is 11.8 Å². The number of alkyl halides is 3. The molecule has 2 aliphatic rings. The van der Waals surface area contributed by atoms with E-state index >= 15 is 0 Å². The van der Waals surface area contributed by atoms with Crippen LogP contribution in [-0.2, 0) is 6.18 Å². The molecule has 1 N–H and O–H groups in total. The fourth-order valence-electron chi connectivity index (χ4n) is 4.32. The van der Waals surface area contributed by atoms with Crippen LogP contribution in [0.15, 0.2) is 52.3 Å². The van der Waals surface area contributed by atoms with E-state index in [1.807, 2.05) is 24.3 Å². The number of anilines is 2. The average molecular weight is 452 g/mol. The molecule has 0 aromatic heterocycles. The summed E-state index contributed by atoms with van der Waals surface area (Å²) in [5.41, 5.74) is 1.31. The summed E-state index contributed by atoms with van der Waals surface area (Å²) < 4.78 is 39.7. The Morgan fingerprint density at radius 3 is 2.29 bits per heavy atom. The lowest BCUT2D eigenvalue weighted by Crippen LogP contribution is -2.34. The van der Waals surface area contributed by atoms with Gasteiger partial charge >= 0.3 is 6.18 Å². The Kier molecular flexibility index (Phi) is 7.11. The molecule has 0 atom stereocenters. The highest BCUT2D eigenvalue weighted by Gasteiger charge is 2.33. The zero-order chi connectivity index (χ0) is 21.8. The molecule has 8 heteroatoms. The van der Waals surface area contributed by atoms with Crippen LogP contribution < -0.4 is 4.90 Å². The molecule has 0 unspecified atom stereocenters. The number of halogens is 3. The molecule has 0 spiro atoms. The second-order valence-corrected chi connectivity index (χ2v) is 9.10. The van der Waals surface area contributed by atoms with Crippen LogP contribution in [0.4, 0.5) is 24.5 Å². The second kappa shape index (κ2) is 9.81. The van der Waals surface area contributed by atoms with Gasteiger partial charge in [-0.15, -0.1) is 0 Å². The molecule has 2 heterocycles. The van der Waals surface area contributed by atoms with E-state index in [9.17, 15) is 13.2 Å². The smallest absolute Gasteiger partial charge is 0.395 e. The normalized spacial score (nSPS) is 17.9. The molecular formula is C23H28F3N3OS. The van der Waals surface area contributed by atoms with E-state index < -0.39 is 11.7 Å². The number of nitrogens with zero attached hydrogens (tertiary/aromatic N) is 3. The first-order valence-corrected chi connectivity index (χ1v) is 11.6. The van der Waals surface area contributed by atoms with Crippen molar-refractivity contribution in [2.24, 2.45) is 0 Å². The molecule has 31 heavy (non-hydrogen) atoms. The monoisotopic (exact) mass is 451 g/mol. The summed E-state index contributed by atoms with van der Waals surface area (Å²) in [6.45, 7) is 6.64. The first-order chi connectivity index (χ1) is 15.0. The summed E-state index contributed by atoms with van der Waals surface area (Å²) in [5, 5.41) is 9.16. The summed E-state index contributed by atoms with van der Waals surface area (Å²) in [4.78, 5) is 8.56. The van der Waals surface area contributed by atoms with Crippen molar-refractivity contribution in [2.45, 2.75) is 28.8 Å². The van der Waals surface area contributed by atoms with Crippen molar-refractivity contribution in [3.05, 3.63) is 48.0 Å². The van der Waals surface area contributed by atoms with Crippen molar-refractivity contribution in [1.29, 1.82) is 0 Å². The third-order valence-electron chi connectivity index (χ3n) is 5.91. The van der Waals surface area contributed by atoms with E-state index in [1.165, 1.54) is 23.9 Å². The fourth-order valence-corrected chi connectivity index (χ4v) is 5.45. The maximum Gasteiger partial charge on any atom is 0.416 e. The van der Waals surface area contributed by atoms with Gasteiger partial charge in [-0.3, -0.25) is 4.90 Å². The molecular weight excluding hydrogens is 423 g/mol. The van der Waals surface area contributed by atoms with Crippen molar-refractivity contribution in [1.82, 2.24) is 9.80 Å². The molecule has 2 aliphatic heterocycles. The minimum Gasteiger partial charge on any atom is -0.395 e. The van der Waals surface area contributed by atoms with Gasteiger partial charge in [0.1, 0.15) is 0 Å². The minimum atomic E-state index is -4.34. The van der Waals surface area contributed by atoms with Gasteiger partial charge in [-0.2, -0.15) is 13.2 Å². The van der Waals surface area contributed by atoms with Crippen molar-refractivity contribution in [2.75, 3.05) is 57.3 Å². The van der Waals surface area contributed by atoms with Crippen LogP contribution in [0.2, 0.25) is 0 Å². The van der Waals surface area contributed by atoms with Gasteiger partial charge in [-0.05, 0) is 62.8 Å². The summed E-state index contributed by atoms with van der Waals surface area (Å²) in [6.07, 6.45) is -2.32. The average Bonchev–Trinajstić information content (AvgIpc) is 2.97. The van der Waals surface area contributed by atoms with Crippen LogP contribution in [0.5, 0.6) is 0 Å². The van der Waals surface area contributed by atoms with Crippen LogP contribution in [0.3, 0.4) is 0 Å². The fraction of sp³-hybridized carbons (Fsp3) is 0.478. The van der Waals surface area contributed by atoms with Gasteiger partial charge in [0.15, 0.2) is 0 Å². The molecule has 0 amide bonds. The Balaban J connectivity index is 1.46. The molecule has 0 aliphatic carbocycles. The topological polar surface area (TPSA) is 30.0 Å². The first-order valence-electron chi connectivity index (χ1n) is 10.8. The highest BCUT2D eigenvalue weighted by molar-refractivity contribution is 7.99. The summed E-state index contributed by atoms with van der Waals surface area (Å²) >= 11 is 1.41. The summed E-state index contributed by atoms with van der Waals surface area (Å²) in [7, 11) is 0. The van der Waals surface area contributed by atoms with E-state index in [0.717, 1.165) is 74.9 Å². The number of aliphatic hydroxyl groups excluding tert-OH is 1. The van der Waals surface area contributed by atoms with Gasteiger partial charge in [0.2, 0.25) is 0 Å². The third-order valence-corrected chi connectivity index (χ3v) is 7.02. The Bertz CT molecular complexity index is 893. The standard InChI is InChI=1S/C23H28F3N3OS/c24-23(25,26)18-7-8-20-22(17-18)31-21-6-2-1-5-19(21)29(20)12-4-11-27-9-3-10-28(14-13-27)15-16-30/h1-2,5-8,17,30H,3-4,9-16H2. The minimum absolute atomic E-state index is 0.196. The first kappa shape index (κ1) is 22.5. The zero-order valence-corrected chi connectivity index (χ0v) is 18.3. The molecule has 2 aromatic rings. The SMILES string of the molecule is OCCN1CCCN(CCCN2c3ccccc3Sc3cc(C(F)(F)F)ccc32)CC1. The van der Waals surface area contributed by atoms with Gasteiger partial charge in [0, 0.05) is 36.0 Å². The highest BCUT2D eigenvalue weighted by atomic mass is 32.2. The summed E-state index contributed by atoms with van der Waals surface area (Å²) in [6, 6.07) is 12.0. The van der Waals surface area contributed by atoms with Crippen LogP contribution in [-0.4, -0.2) is 67.3 Å². The van der Waals surface area contributed by atoms with Crippen LogP contribution in [0.1, 0.15) is 18.4 Å². The number of aliphatic hydroxyl groups is 1. The third kappa shape index (κ3) is 5.37. The van der Waals surface area contributed by atoms with E-state index in [1.54, 1.807) is 6.07 Å². The van der Waals surface area contributed by atoms with Gasteiger partial charge in [0.05, 0.1) is 23.5 Å². The predicted octanol–water partition coefficient (Wildman–Crippen LogP) is 4.70. The van der Waals surface area contributed by atoms with Crippen molar-refractivity contribution < 1.29 is 18.3 Å². The van der Waals surface area contributed by atoms with Crippen LogP contribution in [0, 0.1) is 0 Å². The number of hydrogen-bond donors (Lipinski definition) is 1. The molecule has 4 nitrogen and oxygen atoms in total. The second-order valence-electron chi connectivity index (χ2n) is 8.02. The Labute approximate surface area is 185 Å². The number of fused-ring (bicyclic) bond motifs is 2. The molecule has 1 fully saturated rings. The molecule has 0 saturated carbocycles. The molecule has 168 valence electrons. The number of rotatable bonds is 6. The van der Waals surface area contributed by atoms with E-state index in [-0.39, 0.29) is 6.61 Å². The number of hydrogen-bond acceptors (Lipinski definition) is 5. The lowest BCUT2D eigenvalue weighted by atomic mass is 10.1. The quantitative estimate of drug-likeness (QED) is 0.688. The van der Waals surface area contributed by atoms with Crippen molar-refractivity contribution in [3.63, 3.8) is 0 Å². The van der Waals surface area contributed by atoms with Gasteiger partial charge in [-0.25, -0.2) is 0 Å². The Hall–Kier alpha value is -1.74. The molecule has 4 rings (SSSR count). The zero-order valence-electron chi connectivity index (χ0n) is 17.4. The van der Waals surface area contributed by atoms with Crippen LogP contribution in [0.25, 0.3) is 0 Å². The maximum absolute atomic E-state index is 13.2. The van der Waals surface area contributed by atoms with E-state index in [0.29, 0.717) is 4.90 Å². The number of benzene rings is 2. The molecule has 0 radical (unpaired) electrons. The van der Waals surface area contributed by atoms with E-state index in [2.05, 4.69) is 14.7 Å². The van der Waals surface area contributed by atoms with Gasteiger partial charge in [0.25, 0.3) is 0 Å². The molecule has 0 bridgehead atoms. The Morgan fingerprint density at radius 1 is 0.839 bits per heavy atom. The summed E-state index contributed by atoms with van der Waals surface area (Å²) in [5.74, 6) is 0. The number of β-amino-alcohol motifs (C(OH)–C–C–N with tert-alkyl or cyclic N) is 1. The maximum atomic E-state index is 13.2.